The monoisotopic (exact) mass is 309 g/mol. The van der Waals surface area contributed by atoms with E-state index in [4.69, 9.17) is 5.11 Å². The molecule has 22 heavy (non-hydrogen) atoms. The molecule has 2 N–H and O–H groups in total. The Kier molecular flexibility index (Phi) is 7.63. The molecule has 0 radical (unpaired) electrons. The second-order valence-electron chi connectivity index (χ2n) is 5.89. The van der Waals surface area contributed by atoms with Crippen molar-refractivity contribution < 1.29 is 14.7 Å². The molecule has 0 aliphatic rings. The summed E-state index contributed by atoms with van der Waals surface area (Å²) in [4.78, 5) is 22.6. The van der Waals surface area contributed by atoms with Crippen molar-refractivity contribution in [3.05, 3.63) is 17.5 Å². The Bertz CT molecular complexity index is 495. The molecule has 0 fully saturated rings. The van der Waals surface area contributed by atoms with Crippen molar-refractivity contribution in [1.82, 2.24) is 15.1 Å². The zero-order valence-electron chi connectivity index (χ0n) is 13.8. The standard InChI is InChI=1S/C16H27N3O3/c1-4-14-13(10-18-19(14)11-12(2)3)16(22)17-9-7-5-6-8-15(20)21/h10,12H,4-9,11H2,1-3H3,(H,17,22)(H,20,21). The third-order valence-electron chi connectivity index (χ3n) is 3.42. The van der Waals surface area contributed by atoms with Gasteiger partial charge in [0.25, 0.3) is 5.91 Å². The number of amides is 1. The van der Waals surface area contributed by atoms with E-state index in [2.05, 4.69) is 24.3 Å². The number of nitrogens with one attached hydrogen (secondary N) is 1. The van der Waals surface area contributed by atoms with Crippen LogP contribution in [0.15, 0.2) is 6.20 Å². The molecule has 0 aliphatic carbocycles. The van der Waals surface area contributed by atoms with Crippen LogP contribution in [-0.2, 0) is 17.8 Å². The summed E-state index contributed by atoms with van der Waals surface area (Å²) in [7, 11) is 0. The predicted molar refractivity (Wildman–Crippen MR) is 84.9 cm³/mol. The molecule has 1 aromatic heterocycles. The Balaban J connectivity index is 2.45. The number of nitrogens with zero attached hydrogens (tertiary/aromatic N) is 2. The van der Waals surface area contributed by atoms with Crippen molar-refractivity contribution in [2.75, 3.05) is 6.54 Å². The molecule has 0 unspecified atom stereocenters. The zero-order valence-corrected chi connectivity index (χ0v) is 13.8. The number of aliphatic carboxylic acids is 1. The van der Waals surface area contributed by atoms with E-state index < -0.39 is 5.97 Å². The van der Waals surface area contributed by atoms with E-state index in [0.717, 1.165) is 31.5 Å². The average molecular weight is 309 g/mol. The molecule has 0 aliphatic heterocycles. The van der Waals surface area contributed by atoms with Crippen LogP contribution < -0.4 is 5.32 Å². The Morgan fingerprint density at radius 1 is 1.32 bits per heavy atom. The van der Waals surface area contributed by atoms with Crippen LogP contribution >= 0.6 is 0 Å². The summed E-state index contributed by atoms with van der Waals surface area (Å²) in [6.07, 6.45) is 4.85. The molecule has 124 valence electrons. The third kappa shape index (κ3) is 5.87. The molecule has 1 heterocycles. The zero-order chi connectivity index (χ0) is 16.5. The maximum atomic E-state index is 12.2. The number of aromatic nitrogens is 2. The molecule has 0 spiro atoms. The number of carboxylic acids is 1. The van der Waals surface area contributed by atoms with Crippen LogP contribution in [0.3, 0.4) is 0 Å². The minimum atomic E-state index is -0.769. The number of hydrogen-bond donors (Lipinski definition) is 2. The first-order valence-corrected chi connectivity index (χ1v) is 8.00. The van der Waals surface area contributed by atoms with E-state index in [0.29, 0.717) is 24.4 Å². The van der Waals surface area contributed by atoms with E-state index in [1.807, 2.05) is 11.6 Å². The second-order valence-corrected chi connectivity index (χ2v) is 5.89. The molecule has 0 bridgehead atoms. The van der Waals surface area contributed by atoms with Crippen LogP contribution in [0.4, 0.5) is 0 Å². The number of carbonyl (C=O) groups is 2. The van der Waals surface area contributed by atoms with Gasteiger partial charge in [0.1, 0.15) is 0 Å². The quantitative estimate of drug-likeness (QED) is 0.650. The first-order valence-electron chi connectivity index (χ1n) is 8.00. The minimum Gasteiger partial charge on any atom is -0.481 e. The number of unbranched alkanes of at least 4 members (excludes halogenated alkanes) is 2. The lowest BCUT2D eigenvalue weighted by Gasteiger charge is -2.10. The topological polar surface area (TPSA) is 84.2 Å². The van der Waals surface area contributed by atoms with Crippen LogP contribution in [0.25, 0.3) is 0 Å². The molecule has 1 aromatic rings. The molecule has 1 rings (SSSR count). The van der Waals surface area contributed by atoms with Crippen molar-refractivity contribution in [2.45, 2.75) is 59.4 Å². The molecule has 0 atom stereocenters. The fourth-order valence-electron chi connectivity index (χ4n) is 2.35. The molecular formula is C16H27N3O3. The van der Waals surface area contributed by atoms with Gasteiger partial charge in [0, 0.05) is 19.5 Å². The highest BCUT2D eigenvalue weighted by molar-refractivity contribution is 5.95. The van der Waals surface area contributed by atoms with E-state index in [1.165, 1.54) is 0 Å². The van der Waals surface area contributed by atoms with Gasteiger partial charge in [0.15, 0.2) is 0 Å². The van der Waals surface area contributed by atoms with Gasteiger partial charge in [-0.25, -0.2) is 0 Å². The van der Waals surface area contributed by atoms with Crippen molar-refractivity contribution in [2.24, 2.45) is 5.92 Å². The highest BCUT2D eigenvalue weighted by atomic mass is 16.4. The Labute approximate surface area is 131 Å². The van der Waals surface area contributed by atoms with E-state index in [-0.39, 0.29) is 12.3 Å². The van der Waals surface area contributed by atoms with Crippen LogP contribution in [0, 0.1) is 5.92 Å². The van der Waals surface area contributed by atoms with Gasteiger partial charge in [0.2, 0.25) is 0 Å². The fourth-order valence-corrected chi connectivity index (χ4v) is 2.35. The van der Waals surface area contributed by atoms with Gasteiger partial charge in [-0.15, -0.1) is 0 Å². The van der Waals surface area contributed by atoms with Crippen LogP contribution in [-0.4, -0.2) is 33.3 Å². The summed E-state index contributed by atoms with van der Waals surface area (Å²) < 4.78 is 1.91. The number of carboxylic acid groups (broad SMARTS) is 1. The molecule has 6 nitrogen and oxygen atoms in total. The van der Waals surface area contributed by atoms with Crippen molar-refractivity contribution in [1.29, 1.82) is 0 Å². The van der Waals surface area contributed by atoms with Crippen LogP contribution in [0.2, 0.25) is 0 Å². The van der Waals surface area contributed by atoms with E-state index in [1.54, 1.807) is 6.20 Å². The highest BCUT2D eigenvalue weighted by Gasteiger charge is 2.16. The van der Waals surface area contributed by atoms with Gasteiger partial charge >= 0.3 is 5.97 Å². The molecule has 0 aromatic carbocycles. The number of hydrogen-bond acceptors (Lipinski definition) is 3. The van der Waals surface area contributed by atoms with Gasteiger partial charge in [0.05, 0.1) is 17.5 Å². The lowest BCUT2D eigenvalue weighted by atomic mass is 10.1. The summed E-state index contributed by atoms with van der Waals surface area (Å²) in [6.45, 7) is 7.65. The maximum Gasteiger partial charge on any atom is 0.303 e. The van der Waals surface area contributed by atoms with Crippen molar-refractivity contribution in [3.63, 3.8) is 0 Å². The van der Waals surface area contributed by atoms with Gasteiger partial charge < -0.3 is 10.4 Å². The number of carbonyl (C=O) groups excluding carboxylic acids is 1. The van der Waals surface area contributed by atoms with Gasteiger partial charge in [-0.2, -0.15) is 5.10 Å². The number of rotatable bonds is 10. The normalized spacial score (nSPS) is 10.9. The van der Waals surface area contributed by atoms with Gasteiger partial charge in [-0.3, -0.25) is 14.3 Å². The Morgan fingerprint density at radius 3 is 2.64 bits per heavy atom. The highest BCUT2D eigenvalue weighted by Crippen LogP contribution is 2.12. The van der Waals surface area contributed by atoms with Crippen molar-refractivity contribution in [3.8, 4) is 0 Å². The van der Waals surface area contributed by atoms with E-state index in [9.17, 15) is 9.59 Å². The summed E-state index contributed by atoms with van der Waals surface area (Å²) in [5.74, 6) is -0.380. The smallest absolute Gasteiger partial charge is 0.303 e. The largest absolute Gasteiger partial charge is 0.481 e. The first-order chi connectivity index (χ1) is 10.5. The van der Waals surface area contributed by atoms with Crippen LogP contribution in [0.1, 0.15) is 62.5 Å². The van der Waals surface area contributed by atoms with Gasteiger partial charge in [-0.1, -0.05) is 27.2 Å². The first kappa shape index (κ1) is 18.2. The molecule has 1 amide bonds. The third-order valence-corrected chi connectivity index (χ3v) is 3.42. The molecule has 0 saturated carbocycles. The average Bonchev–Trinajstić information content (AvgIpc) is 2.84. The van der Waals surface area contributed by atoms with E-state index >= 15 is 0 Å². The SMILES string of the molecule is CCc1c(C(=O)NCCCCCC(=O)O)cnn1CC(C)C. The second kappa shape index (κ2) is 9.23. The summed E-state index contributed by atoms with van der Waals surface area (Å²) in [5, 5.41) is 15.8. The summed E-state index contributed by atoms with van der Waals surface area (Å²) >= 11 is 0. The molecule has 6 heteroatoms. The molecule has 0 saturated heterocycles. The van der Waals surface area contributed by atoms with Crippen molar-refractivity contribution >= 4 is 11.9 Å². The van der Waals surface area contributed by atoms with Crippen LogP contribution in [0.5, 0.6) is 0 Å². The summed E-state index contributed by atoms with van der Waals surface area (Å²) in [5.41, 5.74) is 1.62. The van der Waals surface area contributed by atoms with Gasteiger partial charge in [-0.05, 0) is 25.2 Å². The maximum absolute atomic E-state index is 12.2. The molecular weight excluding hydrogens is 282 g/mol. The summed E-state index contributed by atoms with van der Waals surface area (Å²) in [6, 6.07) is 0. The minimum absolute atomic E-state index is 0.0925. The predicted octanol–water partition coefficient (Wildman–Crippen LogP) is 2.48. The lowest BCUT2D eigenvalue weighted by Crippen LogP contribution is -2.25. The fraction of sp³-hybridized carbons (Fsp3) is 0.688. The lowest BCUT2D eigenvalue weighted by molar-refractivity contribution is -0.137. The Morgan fingerprint density at radius 2 is 2.05 bits per heavy atom. The Hall–Kier alpha value is -1.85.